The van der Waals surface area contributed by atoms with E-state index in [0.717, 1.165) is 18.2 Å². The maximum absolute atomic E-state index is 13.1. The quantitative estimate of drug-likeness (QED) is 0.794. The van der Waals surface area contributed by atoms with Crippen LogP contribution < -0.4 is 11.1 Å². The Labute approximate surface area is 157 Å². The van der Waals surface area contributed by atoms with Crippen LogP contribution in [0.1, 0.15) is 21.5 Å². The minimum atomic E-state index is -4.72. The van der Waals surface area contributed by atoms with Crippen LogP contribution in [-0.4, -0.2) is 17.9 Å². The molecule has 0 aromatic heterocycles. The zero-order valence-electron chi connectivity index (χ0n) is 13.1. The molecule has 1 atom stereocenters. The van der Waals surface area contributed by atoms with Gasteiger partial charge in [-0.25, -0.2) is 0 Å². The van der Waals surface area contributed by atoms with Crippen LogP contribution in [0.3, 0.4) is 0 Å². The Kier molecular flexibility index (Phi) is 6.15. The molecule has 0 radical (unpaired) electrons. The van der Waals surface area contributed by atoms with E-state index in [9.17, 15) is 22.8 Å². The first-order chi connectivity index (χ1) is 12.1. The van der Waals surface area contributed by atoms with Crippen LogP contribution in [0.2, 0.25) is 10.0 Å². The van der Waals surface area contributed by atoms with E-state index in [4.69, 9.17) is 28.9 Å². The number of halogens is 5. The summed E-state index contributed by atoms with van der Waals surface area (Å²) in [6.45, 7) is 0. The molecule has 138 valence electrons. The lowest BCUT2D eigenvalue weighted by molar-refractivity contribution is -0.137. The first-order valence-corrected chi connectivity index (χ1v) is 8.06. The van der Waals surface area contributed by atoms with Crippen molar-refractivity contribution in [2.75, 3.05) is 0 Å². The molecule has 0 saturated carbocycles. The van der Waals surface area contributed by atoms with Crippen molar-refractivity contribution in [3.8, 4) is 0 Å². The van der Waals surface area contributed by atoms with Crippen LogP contribution in [0.5, 0.6) is 0 Å². The van der Waals surface area contributed by atoms with Crippen molar-refractivity contribution in [3.05, 3.63) is 69.2 Å². The number of amides is 2. The van der Waals surface area contributed by atoms with Crippen LogP contribution in [0.25, 0.3) is 0 Å². The minimum absolute atomic E-state index is 0.159. The van der Waals surface area contributed by atoms with Gasteiger partial charge in [-0.1, -0.05) is 41.4 Å². The van der Waals surface area contributed by atoms with E-state index < -0.39 is 35.2 Å². The third-order valence-corrected chi connectivity index (χ3v) is 4.30. The zero-order valence-corrected chi connectivity index (χ0v) is 14.6. The topological polar surface area (TPSA) is 72.2 Å². The molecule has 2 amide bonds. The fourth-order valence-electron chi connectivity index (χ4n) is 2.32. The van der Waals surface area contributed by atoms with Crippen molar-refractivity contribution in [1.82, 2.24) is 5.32 Å². The van der Waals surface area contributed by atoms with Gasteiger partial charge in [0.15, 0.2) is 0 Å². The molecule has 0 saturated heterocycles. The van der Waals surface area contributed by atoms with Gasteiger partial charge in [0.05, 0.1) is 11.1 Å². The number of carbonyl (C=O) groups is 2. The summed E-state index contributed by atoms with van der Waals surface area (Å²) in [5.74, 6) is -2.01. The molecule has 0 spiro atoms. The zero-order chi connectivity index (χ0) is 19.5. The summed E-state index contributed by atoms with van der Waals surface area (Å²) in [5, 5.41) is 2.71. The van der Waals surface area contributed by atoms with Gasteiger partial charge in [0.2, 0.25) is 5.91 Å². The summed E-state index contributed by atoms with van der Waals surface area (Å²) >= 11 is 12.0. The highest BCUT2D eigenvalue weighted by atomic mass is 35.5. The molecular weight excluding hydrogens is 392 g/mol. The highest BCUT2D eigenvalue weighted by Crippen LogP contribution is 2.32. The average molecular weight is 405 g/mol. The smallest absolute Gasteiger partial charge is 0.368 e. The van der Waals surface area contributed by atoms with Crippen molar-refractivity contribution >= 4 is 35.0 Å². The molecule has 9 heteroatoms. The normalized spacial score (nSPS) is 12.5. The van der Waals surface area contributed by atoms with Gasteiger partial charge in [-0.05, 0) is 29.8 Å². The Morgan fingerprint density at radius 1 is 1.04 bits per heavy atom. The van der Waals surface area contributed by atoms with Crippen LogP contribution in [0.15, 0.2) is 42.5 Å². The van der Waals surface area contributed by atoms with Crippen molar-refractivity contribution in [2.24, 2.45) is 5.73 Å². The highest BCUT2D eigenvalue weighted by molar-refractivity contribution is 6.36. The van der Waals surface area contributed by atoms with Crippen LogP contribution >= 0.6 is 23.2 Å². The SMILES string of the molecule is NC(=O)[C@@H](Cc1c(Cl)cccc1Cl)NC(=O)c1ccccc1C(F)(F)F. The van der Waals surface area contributed by atoms with E-state index in [1.807, 2.05) is 0 Å². The van der Waals surface area contributed by atoms with Crippen molar-refractivity contribution in [1.29, 1.82) is 0 Å². The van der Waals surface area contributed by atoms with Gasteiger partial charge in [0.1, 0.15) is 6.04 Å². The number of benzene rings is 2. The molecule has 0 aliphatic rings. The van der Waals surface area contributed by atoms with Gasteiger partial charge in [0, 0.05) is 16.5 Å². The second kappa shape index (κ2) is 7.97. The first kappa shape index (κ1) is 20.1. The fourth-order valence-corrected chi connectivity index (χ4v) is 2.87. The Hall–Kier alpha value is -2.25. The summed E-state index contributed by atoms with van der Waals surface area (Å²) in [7, 11) is 0. The second-order valence-electron chi connectivity index (χ2n) is 5.38. The van der Waals surface area contributed by atoms with E-state index in [-0.39, 0.29) is 16.5 Å². The predicted octanol–water partition coefficient (Wildman–Crippen LogP) is 3.84. The number of primary amides is 1. The second-order valence-corrected chi connectivity index (χ2v) is 6.19. The molecular formula is C17H13Cl2F3N2O2. The maximum atomic E-state index is 13.1. The number of nitrogens with two attached hydrogens (primary N) is 1. The lowest BCUT2D eigenvalue weighted by Crippen LogP contribution is -2.46. The lowest BCUT2D eigenvalue weighted by Gasteiger charge is -2.19. The van der Waals surface area contributed by atoms with E-state index in [2.05, 4.69) is 5.32 Å². The fraction of sp³-hybridized carbons (Fsp3) is 0.176. The molecule has 0 bridgehead atoms. The molecule has 4 nitrogen and oxygen atoms in total. The summed E-state index contributed by atoms with van der Waals surface area (Å²) in [5.41, 5.74) is 3.90. The molecule has 0 aliphatic heterocycles. The standard InChI is InChI=1S/C17H13Cl2F3N2O2/c18-12-6-3-7-13(19)10(12)8-14(15(23)25)24-16(26)9-4-1-2-5-11(9)17(20,21)22/h1-7,14H,8H2,(H2,23,25)(H,24,26)/t14-/m1/s1. The lowest BCUT2D eigenvalue weighted by atomic mass is 10.0. The highest BCUT2D eigenvalue weighted by Gasteiger charge is 2.35. The van der Waals surface area contributed by atoms with Gasteiger partial charge >= 0.3 is 6.18 Å². The number of hydrogen-bond acceptors (Lipinski definition) is 2. The minimum Gasteiger partial charge on any atom is -0.368 e. The van der Waals surface area contributed by atoms with E-state index >= 15 is 0 Å². The van der Waals surface area contributed by atoms with Crippen LogP contribution in [0.4, 0.5) is 13.2 Å². The van der Waals surface area contributed by atoms with Crippen molar-refractivity contribution < 1.29 is 22.8 Å². The van der Waals surface area contributed by atoms with E-state index in [1.165, 1.54) is 18.2 Å². The molecule has 2 aromatic carbocycles. The van der Waals surface area contributed by atoms with Gasteiger partial charge < -0.3 is 11.1 Å². The number of nitrogens with one attached hydrogen (secondary N) is 1. The van der Waals surface area contributed by atoms with Gasteiger partial charge in [0.25, 0.3) is 5.91 Å². The largest absolute Gasteiger partial charge is 0.417 e. The van der Waals surface area contributed by atoms with Gasteiger partial charge in [-0.2, -0.15) is 13.2 Å². The number of alkyl halides is 3. The summed E-state index contributed by atoms with van der Waals surface area (Å²) in [6.07, 6.45) is -4.88. The third-order valence-electron chi connectivity index (χ3n) is 3.60. The molecule has 0 heterocycles. The number of rotatable bonds is 5. The molecule has 2 aromatic rings. The number of carbonyl (C=O) groups excluding carboxylic acids is 2. The van der Waals surface area contributed by atoms with E-state index in [0.29, 0.717) is 5.56 Å². The molecule has 3 N–H and O–H groups in total. The molecule has 26 heavy (non-hydrogen) atoms. The average Bonchev–Trinajstić information content (AvgIpc) is 2.56. The van der Waals surface area contributed by atoms with Crippen molar-refractivity contribution in [2.45, 2.75) is 18.6 Å². The third kappa shape index (κ3) is 4.68. The van der Waals surface area contributed by atoms with Gasteiger partial charge in [-0.15, -0.1) is 0 Å². The predicted molar refractivity (Wildman–Crippen MR) is 92.1 cm³/mol. The molecule has 2 rings (SSSR count). The maximum Gasteiger partial charge on any atom is 0.417 e. The Morgan fingerprint density at radius 2 is 1.62 bits per heavy atom. The summed E-state index contributed by atoms with van der Waals surface area (Å²) in [6, 6.07) is 7.59. The number of hydrogen-bond donors (Lipinski definition) is 2. The van der Waals surface area contributed by atoms with Crippen molar-refractivity contribution in [3.63, 3.8) is 0 Å². The molecule has 0 aliphatic carbocycles. The molecule has 0 unspecified atom stereocenters. The van der Waals surface area contributed by atoms with E-state index in [1.54, 1.807) is 6.07 Å². The summed E-state index contributed by atoms with van der Waals surface area (Å²) in [4.78, 5) is 24.0. The Bertz CT molecular complexity index is 821. The first-order valence-electron chi connectivity index (χ1n) is 7.30. The van der Waals surface area contributed by atoms with Crippen LogP contribution in [0, 0.1) is 0 Å². The molecule has 0 fully saturated rings. The van der Waals surface area contributed by atoms with Crippen LogP contribution in [-0.2, 0) is 17.4 Å². The van der Waals surface area contributed by atoms with Gasteiger partial charge in [-0.3, -0.25) is 9.59 Å². The summed E-state index contributed by atoms with van der Waals surface area (Å²) < 4.78 is 39.2. The Morgan fingerprint density at radius 3 is 2.15 bits per heavy atom. The monoisotopic (exact) mass is 404 g/mol. The Balaban J connectivity index is 2.29.